The van der Waals surface area contributed by atoms with Gasteiger partial charge in [-0.25, -0.2) is 4.79 Å². The van der Waals surface area contributed by atoms with Crippen molar-refractivity contribution in [3.05, 3.63) is 59.0 Å². The number of nitriles is 1. The van der Waals surface area contributed by atoms with Gasteiger partial charge in [-0.2, -0.15) is 5.26 Å². The molecule has 0 saturated carbocycles. The molecule has 0 atom stereocenters. The molecule has 9 nitrogen and oxygen atoms in total. The second-order valence-corrected chi connectivity index (χ2v) is 8.46. The van der Waals surface area contributed by atoms with Crippen LogP contribution in [0.25, 0.3) is 10.9 Å². The molecule has 2 aromatic heterocycles. The molecule has 2 N–H and O–H groups in total. The van der Waals surface area contributed by atoms with Crippen LogP contribution < -0.4 is 10.6 Å². The van der Waals surface area contributed by atoms with Crippen LogP contribution in [0.2, 0.25) is 0 Å². The fourth-order valence-corrected chi connectivity index (χ4v) is 4.50. The zero-order valence-corrected chi connectivity index (χ0v) is 22.1. The minimum atomic E-state index is -0.317. The van der Waals surface area contributed by atoms with Gasteiger partial charge in [0, 0.05) is 56.3 Å². The fourth-order valence-electron chi connectivity index (χ4n) is 4.50. The average molecular weight is 505 g/mol. The van der Waals surface area contributed by atoms with Crippen LogP contribution in [0.1, 0.15) is 60.9 Å². The highest BCUT2D eigenvalue weighted by Gasteiger charge is 2.32. The lowest BCUT2D eigenvalue weighted by Gasteiger charge is -2.30. The maximum atomic E-state index is 13.1. The van der Waals surface area contributed by atoms with Gasteiger partial charge in [-0.05, 0) is 43.5 Å². The van der Waals surface area contributed by atoms with Gasteiger partial charge in [0.2, 0.25) is 0 Å². The molecule has 0 spiro atoms. The molecule has 0 fully saturated rings. The molecule has 1 aromatic carbocycles. The topological polar surface area (TPSA) is 112 Å². The summed E-state index contributed by atoms with van der Waals surface area (Å²) in [5.41, 5.74) is 3.80. The van der Waals surface area contributed by atoms with E-state index in [0.717, 1.165) is 29.4 Å². The van der Waals surface area contributed by atoms with E-state index < -0.39 is 0 Å². The third-order valence-electron chi connectivity index (χ3n) is 6.17. The van der Waals surface area contributed by atoms with Gasteiger partial charge in [-0.1, -0.05) is 26.8 Å². The Bertz CT molecular complexity index is 1280. The maximum absolute atomic E-state index is 13.1. The maximum Gasteiger partial charge on any atom is 0.322 e. The predicted molar refractivity (Wildman–Crippen MR) is 144 cm³/mol. The average Bonchev–Trinajstić information content (AvgIpc) is 3.26. The lowest BCUT2D eigenvalue weighted by molar-refractivity contribution is 0.0959. The van der Waals surface area contributed by atoms with Crippen LogP contribution in [0.4, 0.5) is 10.5 Å². The van der Waals surface area contributed by atoms with Crippen molar-refractivity contribution in [2.24, 2.45) is 0 Å². The molecule has 0 bridgehead atoms. The van der Waals surface area contributed by atoms with Crippen molar-refractivity contribution in [1.82, 2.24) is 19.8 Å². The number of nitrogens with zero attached hydrogens (tertiary/aromatic N) is 4. The van der Waals surface area contributed by atoms with Crippen LogP contribution in [0.15, 0.2) is 36.5 Å². The monoisotopic (exact) mass is 504 g/mol. The number of carbonyl (C=O) groups excluding carboxylic acids is 2. The number of hydrogen-bond acceptors (Lipinski definition) is 5. The molecule has 4 rings (SSSR count). The first kappa shape index (κ1) is 27.7. The van der Waals surface area contributed by atoms with E-state index in [9.17, 15) is 14.9 Å². The highest BCUT2D eigenvalue weighted by Crippen LogP contribution is 2.29. The summed E-state index contributed by atoms with van der Waals surface area (Å²) in [4.78, 5) is 31.8. The summed E-state index contributed by atoms with van der Waals surface area (Å²) in [5, 5.41) is 16.5. The Morgan fingerprint density at radius 3 is 2.73 bits per heavy atom. The number of anilines is 1. The molecule has 3 aromatic rings. The van der Waals surface area contributed by atoms with Crippen LogP contribution in [-0.2, 0) is 24.2 Å². The predicted octanol–water partition coefficient (Wildman–Crippen LogP) is 4.70. The smallest absolute Gasteiger partial charge is 0.322 e. The first-order valence-corrected chi connectivity index (χ1v) is 12.9. The molecule has 1 aliphatic heterocycles. The summed E-state index contributed by atoms with van der Waals surface area (Å²) in [6.07, 6.45) is 4.08. The van der Waals surface area contributed by atoms with Gasteiger partial charge in [0.25, 0.3) is 5.91 Å². The highest BCUT2D eigenvalue weighted by molar-refractivity contribution is 5.99. The number of rotatable bonds is 8. The number of amides is 3. The van der Waals surface area contributed by atoms with Crippen LogP contribution in [0, 0.1) is 11.3 Å². The number of fused-ring (bicyclic) bond motifs is 2. The first-order chi connectivity index (χ1) is 18.1. The van der Waals surface area contributed by atoms with E-state index in [-0.39, 0.29) is 18.5 Å². The molecular weight excluding hydrogens is 468 g/mol. The van der Waals surface area contributed by atoms with Crippen molar-refractivity contribution in [2.45, 2.75) is 53.1 Å². The second-order valence-electron chi connectivity index (χ2n) is 8.46. The molecular formula is C28H36N6O3. The molecule has 3 heterocycles. The first-order valence-electron chi connectivity index (χ1n) is 12.9. The van der Waals surface area contributed by atoms with Gasteiger partial charge in [0.05, 0.1) is 28.9 Å². The van der Waals surface area contributed by atoms with Gasteiger partial charge in [0.1, 0.15) is 6.07 Å². The van der Waals surface area contributed by atoms with Crippen molar-refractivity contribution >= 4 is 28.5 Å². The van der Waals surface area contributed by atoms with E-state index in [4.69, 9.17) is 4.74 Å². The lowest BCUT2D eigenvalue weighted by Crippen LogP contribution is -2.41. The number of aromatic nitrogens is 2. The number of hydrogen-bond donors (Lipinski definition) is 2. The van der Waals surface area contributed by atoms with Gasteiger partial charge in [-0.15, -0.1) is 0 Å². The number of urea groups is 1. The third kappa shape index (κ3) is 6.27. The van der Waals surface area contributed by atoms with Crippen molar-refractivity contribution < 1.29 is 14.3 Å². The van der Waals surface area contributed by atoms with Crippen LogP contribution in [0.3, 0.4) is 0 Å². The highest BCUT2D eigenvalue weighted by atomic mass is 16.5. The zero-order valence-electron chi connectivity index (χ0n) is 22.1. The Hall–Kier alpha value is -3.90. The molecule has 0 unspecified atom stereocenters. The summed E-state index contributed by atoms with van der Waals surface area (Å²) in [7, 11) is 1.55. The van der Waals surface area contributed by atoms with Crippen LogP contribution in [-0.4, -0.2) is 53.2 Å². The SMILES string of the molecule is CC.CCCOCCCc1c(C#N)c(C(=O)NC)c2n1CCN(C(=O)Nc1ccc3ncccc3c1)C2. The Balaban J connectivity index is 0.00000186. The largest absolute Gasteiger partial charge is 0.381 e. The van der Waals surface area contributed by atoms with E-state index in [1.54, 1.807) is 18.1 Å². The minimum Gasteiger partial charge on any atom is -0.381 e. The Kier molecular flexibility index (Phi) is 10.0. The van der Waals surface area contributed by atoms with E-state index in [2.05, 4.69) is 28.6 Å². The molecule has 3 amide bonds. The van der Waals surface area contributed by atoms with E-state index in [1.165, 1.54) is 0 Å². The number of nitrogens with one attached hydrogen (secondary N) is 2. The molecule has 0 aliphatic carbocycles. The molecule has 1 aliphatic rings. The van der Waals surface area contributed by atoms with E-state index in [0.29, 0.717) is 55.2 Å². The summed E-state index contributed by atoms with van der Waals surface area (Å²) in [6, 6.07) is 11.4. The summed E-state index contributed by atoms with van der Waals surface area (Å²) >= 11 is 0. The molecule has 196 valence electrons. The number of ether oxygens (including phenoxy) is 1. The molecule has 0 saturated heterocycles. The van der Waals surface area contributed by atoms with Crippen molar-refractivity contribution in [3.63, 3.8) is 0 Å². The van der Waals surface area contributed by atoms with E-state index in [1.807, 2.05) is 48.7 Å². The van der Waals surface area contributed by atoms with E-state index >= 15 is 0 Å². The molecule has 0 radical (unpaired) electrons. The summed E-state index contributed by atoms with van der Waals surface area (Å²) < 4.78 is 7.63. The van der Waals surface area contributed by atoms with Crippen molar-refractivity contribution in [2.75, 3.05) is 32.1 Å². The Labute approximate surface area is 218 Å². The van der Waals surface area contributed by atoms with Crippen LogP contribution >= 0.6 is 0 Å². The summed E-state index contributed by atoms with van der Waals surface area (Å²) in [6.45, 7) is 8.60. The standard InChI is InChI=1S/C26H30N6O3.C2H6/c1-3-13-35-14-5-7-22-20(16-27)24(25(33)28-2)23-17-31(11-12-32(22)23)26(34)30-19-8-9-21-18(15-19)6-4-10-29-21;1-2/h4,6,8-10,15H,3,5,7,11-14,17H2,1-2H3,(H,28,33)(H,30,34);1-2H3. The lowest BCUT2D eigenvalue weighted by atomic mass is 10.1. The number of benzene rings is 1. The zero-order chi connectivity index (χ0) is 26.8. The van der Waals surface area contributed by atoms with Gasteiger partial charge >= 0.3 is 6.03 Å². The third-order valence-corrected chi connectivity index (χ3v) is 6.17. The summed E-state index contributed by atoms with van der Waals surface area (Å²) in [5.74, 6) is -0.317. The normalized spacial score (nSPS) is 12.2. The van der Waals surface area contributed by atoms with Gasteiger partial charge in [-0.3, -0.25) is 9.78 Å². The number of carbonyl (C=O) groups is 2. The van der Waals surface area contributed by atoms with Gasteiger partial charge < -0.3 is 24.8 Å². The molecule has 9 heteroatoms. The Morgan fingerprint density at radius 1 is 1.19 bits per heavy atom. The van der Waals surface area contributed by atoms with Crippen molar-refractivity contribution in [3.8, 4) is 6.07 Å². The number of pyridine rings is 1. The Morgan fingerprint density at radius 2 is 2.00 bits per heavy atom. The molecule has 37 heavy (non-hydrogen) atoms. The van der Waals surface area contributed by atoms with Crippen molar-refractivity contribution in [1.29, 1.82) is 5.26 Å². The quantitative estimate of drug-likeness (QED) is 0.432. The second kappa shape index (κ2) is 13.4. The van der Waals surface area contributed by atoms with Gasteiger partial charge in [0.15, 0.2) is 0 Å². The van der Waals surface area contributed by atoms with Crippen LogP contribution in [0.5, 0.6) is 0 Å². The fraction of sp³-hybridized carbons (Fsp3) is 0.429. The minimum absolute atomic E-state index is 0.241.